The highest BCUT2D eigenvalue weighted by atomic mass is 16.2. The molecule has 0 fully saturated rings. The molecule has 2 aromatic carbocycles. The number of carbonyl (C=O) groups excluding carboxylic acids is 3. The normalized spacial score (nSPS) is 13.3. The minimum Gasteiger partial charge on any atom is -0.348 e. The molecule has 0 radical (unpaired) electrons. The van der Waals surface area contributed by atoms with Gasteiger partial charge in [0.05, 0.1) is 0 Å². The van der Waals surface area contributed by atoms with Crippen LogP contribution in [0, 0.1) is 6.92 Å². The molecule has 30 heavy (non-hydrogen) atoms. The van der Waals surface area contributed by atoms with Gasteiger partial charge in [-0.05, 0) is 48.6 Å². The molecule has 158 valence electrons. The van der Waals surface area contributed by atoms with Gasteiger partial charge >= 0.3 is 11.8 Å². The van der Waals surface area contributed by atoms with Crippen molar-refractivity contribution in [1.82, 2.24) is 10.2 Å². The minimum absolute atomic E-state index is 0.198. The van der Waals surface area contributed by atoms with E-state index in [1.54, 1.807) is 25.1 Å². The summed E-state index contributed by atoms with van der Waals surface area (Å²) in [5, 5.41) is 7.99. The molecule has 0 saturated heterocycles. The topological polar surface area (TPSA) is 90.5 Å². The summed E-state index contributed by atoms with van der Waals surface area (Å²) in [5.74, 6) is -1.58. The van der Waals surface area contributed by atoms with Crippen molar-refractivity contribution in [1.29, 1.82) is 0 Å². The van der Waals surface area contributed by atoms with E-state index in [1.165, 1.54) is 18.1 Å². The lowest BCUT2D eigenvalue weighted by Crippen LogP contribution is -2.38. The summed E-state index contributed by atoms with van der Waals surface area (Å²) in [6, 6.07) is 13.6. The van der Waals surface area contributed by atoms with Gasteiger partial charge in [0.15, 0.2) is 0 Å². The maximum Gasteiger partial charge on any atom is 0.313 e. The van der Waals surface area contributed by atoms with E-state index in [2.05, 4.69) is 45.1 Å². The number of amides is 3. The highest BCUT2D eigenvalue weighted by Crippen LogP contribution is 2.23. The molecule has 0 atom stereocenters. The fraction of sp³-hybridized carbons (Fsp3) is 0.348. The van der Waals surface area contributed by atoms with E-state index in [4.69, 9.17) is 0 Å². The summed E-state index contributed by atoms with van der Waals surface area (Å²) in [5.41, 5.74) is 4.57. The lowest BCUT2D eigenvalue weighted by Gasteiger charge is -2.28. The highest BCUT2D eigenvalue weighted by molar-refractivity contribution is 6.39. The molecule has 0 aromatic heterocycles. The Hall–Kier alpha value is -3.19. The summed E-state index contributed by atoms with van der Waals surface area (Å²) in [7, 11) is 0. The molecule has 0 bridgehead atoms. The number of carbonyl (C=O) groups is 3. The summed E-state index contributed by atoms with van der Waals surface area (Å²) in [6.07, 6.45) is 1.82. The third kappa shape index (κ3) is 5.67. The van der Waals surface area contributed by atoms with Crippen molar-refractivity contribution in [3.05, 3.63) is 59.2 Å². The number of hydrogen-bond acceptors (Lipinski definition) is 4. The summed E-state index contributed by atoms with van der Waals surface area (Å²) < 4.78 is 0. The first-order chi connectivity index (χ1) is 14.4. The number of anilines is 2. The number of nitrogens with zero attached hydrogens (tertiary/aromatic N) is 1. The van der Waals surface area contributed by atoms with Crippen LogP contribution in [-0.2, 0) is 27.3 Å². The van der Waals surface area contributed by atoms with Gasteiger partial charge in [-0.3, -0.25) is 19.3 Å². The van der Waals surface area contributed by atoms with Crippen molar-refractivity contribution in [2.75, 3.05) is 30.3 Å². The van der Waals surface area contributed by atoms with E-state index in [9.17, 15) is 14.4 Å². The first-order valence-corrected chi connectivity index (χ1v) is 10.2. The van der Waals surface area contributed by atoms with Gasteiger partial charge in [-0.2, -0.15) is 0 Å². The standard InChI is InChI=1S/C23H28N4O3/c1-16-20(25-17(2)28)9-5-10-21(16)26-23(30)22(29)24-12-6-13-27-14-11-18-7-3-4-8-19(18)15-27/h3-5,7-10H,6,11-15H2,1-2H3,(H,24,29)(H,25,28)(H,26,30). The van der Waals surface area contributed by atoms with Crippen molar-refractivity contribution in [2.24, 2.45) is 0 Å². The summed E-state index contributed by atoms with van der Waals surface area (Å²) in [6.45, 7) is 6.43. The third-order valence-corrected chi connectivity index (χ3v) is 5.25. The van der Waals surface area contributed by atoms with Crippen LogP contribution in [-0.4, -0.2) is 42.3 Å². The Bertz CT molecular complexity index is 942. The maximum absolute atomic E-state index is 12.2. The number of fused-ring (bicyclic) bond motifs is 1. The van der Waals surface area contributed by atoms with Crippen LogP contribution >= 0.6 is 0 Å². The zero-order chi connectivity index (χ0) is 21.5. The average Bonchev–Trinajstić information content (AvgIpc) is 2.73. The predicted octanol–water partition coefficient (Wildman–Crippen LogP) is 2.46. The van der Waals surface area contributed by atoms with E-state index in [1.807, 2.05) is 0 Å². The molecule has 0 saturated carbocycles. The molecule has 1 heterocycles. The van der Waals surface area contributed by atoms with Crippen molar-refractivity contribution >= 4 is 29.1 Å². The molecule has 2 aromatic rings. The fourth-order valence-electron chi connectivity index (χ4n) is 3.61. The Balaban J connectivity index is 1.42. The number of rotatable bonds is 6. The van der Waals surface area contributed by atoms with Gasteiger partial charge in [0.2, 0.25) is 5.91 Å². The smallest absolute Gasteiger partial charge is 0.313 e. The molecule has 3 amide bonds. The number of benzene rings is 2. The Kier molecular flexibility index (Phi) is 7.19. The van der Waals surface area contributed by atoms with E-state index in [0.717, 1.165) is 32.5 Å². The molecular formula is C23H28N4O3. The molecule has 1 aliphatic rings. The first-order valence-electron chi connectivity index (χ1n) is 10.2. The average molecular weight is 409 g/mol. The summed E-state index contributed by atoms with van der Waals surface area (Å²) in [4.78, 5) is 38.0. The second-order valence-electron chi connectivity index (χ2n) is 7.52. The van der Waals surface area contributed by atoms with Gasteiger partial charge in [0, 0.05) is 44.5 Å². The van der Waals surface area contributed by atoms with E-state index in [-0.39, 0.29) is 5.91 Å². The third-order valence-electron chi connectivity index (χ3n) is 5.25. The van der Waals surface area contributed by atoms with Gasteiger partial charge < -0.3 is 16.0 Å². The van der Waals surface area contributed by atoms with Gasteiger partial charge in [-0.25, -0.2) is 0 Å². The van der Waals surface area contributed by atoms with Crippen LogP contribution in [0.15, 0.2) is 42.5 Å². The van der Waals surface area contributed by atoms with Crippen molar-refractivity contribution in [3.8, 4) is 0 Å². The van der Waals surface area contributed by atoms with Crippen LogP contribution in [0.25, 0.3) is 0 Å². The number of hydrogen-bond donors (Lipinski definition) is 3. The molecule has 3 N–H and O–H groups in total. The Morgan fingerprint density at radius 1 is 0.933 bits per heavy atom. The maximum atomic E-state index is 12.2. The van der Waals surface area contributed by atoms with Crippen LogP contribution in [0.5, 0.6) is 0 Å². The molecule has 7 heteroatoms. The van der Waals surface area contributed by atoms with E-state index >= 15 is 0 Å². The Morgan fingerprint density at radius 3 is 2.37 bits per heavy atom. The minimum atomic E-state index is -0.718. The van der Waals surface area contributed by atoms with Gasteiger partial charge in [-0.1, -0.05) is 30.3 Å². The first kappa shape index (κ1) is 21.5. The second-order valence-corrected chi connectivity index (χ2v) is 7.52. The van der Waals surface area contributed by atoms with Crippen molar-refractivity contribution in [3.63, 3.8) is 0 Å². The molecule has 0 spiro atoms. The second kappa shape index (κ2) is 10.0. The van der Waals surface area contributed by atoms with Crippen LogP contribution in [0.1, 0.15) is 30.0 Å². The number of nitrogens with one attached hydrogen (secondary N) is 3. The van der Waals surface area contributed by atoms with Crippen LogP contribution in [0.2, 0.25) is 0 Å². The van der Waals surface area contributed by atoms with Gasteiger partial charge in [-0.15, -0.1) is 0 Å². The molecule has 0 aliphatic carbocycles. The fourth-order valence-corrected chi connectivity index (χ4v) is 3.61. The zero-order valence-electron chi connectivity index (χ0n) is 17.5. The summed E-state index contributed by atoms with van der Waals surface area (Å²) >= 11 is 0. The molecule has 7 nitrogen and oxygen atoms in total. The van der Waals surface area contributed by atoms with E-state index in [0.29, 0.717) is 23.5 Å². The van der Waals surface area contributed by atoms with Gasteiger partial charge in [0.1, 0.15) is 0 Å². The Labute approximate surface area is 176 Å². The van der Waals surface area contributed by atoms with E-state index < -0.39 is 11.8 Å². The monoisotopic (exact) mass is 408 g/mol. The van der Waals surface area contributed by atoms with Crippen LogP contribution in [0.4, 0.5) is 11.4 Å². The molecule has 1 aliphatic heterocycles. The highest BCUT2D eigenvalue weighted by Gasteiger charge is 2.17. The Morgan fingerprint density at radius 2 is 1.63 bits per heavy atom. The lowest BCUT2D eigenvalue weighted by molar-refractivity contribution is -0.136. The molecule has 3 rings (SSSR count). The van der Waals surface area contributed by atoms with Crippen molar-refractivity contribution in [2.45, 2.75) is 33.2 Å². The largest absolute Gasteiger partial charge is 0.348 e. The SMILES string of the molecule is CC(=O)Nc1cccc(NC(=O)C(=O)NCCCN2CCc3ccccc3C2)c1C. The molecular weight excluding hydrogens is 380 g/mol. The van der Waals surface area contributed by atoms with Crippen LogP contribution < -0.4 is 16.0 Å². The molecule has 0 unspecified atom stereocenters. The van der Waals surface area contributed by atoms with Gasteiger partial charge in [0.25, 0.3) is 0 Å². The lowest BCUT2D eigenvalue weighted by atomic mass is 10.00. The van der Waals surface area contributed by atoms with Crippen molar-refractivity contribution < 1.29 is 14.4 Å². The quantitative estimate of drug-likeness (QED) is 0.506. The van der Waals surface area contributed by atoms with Crippen LogP contribution in [0.3, 0.4) is 0 Å². The predicted molar refractivity (Wildman–Crippen MR) is 117 cm³/mol. The zero-order valence-corrected chi connectivity index (χ0v) is 17.5.